The third-order valence-electron chi connectivity index (χ3n) is 5.54. The Labute approximate surface area is 180 Å². The van der Waals surface area contributed by atoms with Crippen LogP contribution in [0.1, 0.15) is 23.2 Å². The van der Waals surface area contributed by atoms with E-state index in [0.29, 0.717) is 42.1 Å². The molecule has 0 unspecified atom stereocenters. The Balaban J connectivity index is 1.45. The number of likely N-dealkylation sites (tertiary alicyclic amines) is 1. The summed E-state index contributed by atoms with van der Waals surface area (Å²) in [6, 6.07) is 16.2. The number of amides is 1. The van der Waals surface area contributed by atoms with E-state index in [2.05, 4.69) is 0 Å². The Morgan fingerprint density at radius 3 is 2.33 bits per heavy atom. The van der Waals surface area contributed by atoms with E-state index in [4.69, 9.17) is 4.74 Å². The van der Waals surface area contributed by atoms with Crippen molar-refractivity contribution < 1.29 is 17.9 Å². The summed E-state index contributed by atoms with van der Waals surface area (Å²) in [6.45, 7) is 0.821. The van der Waals surface area contributed by atoms with Gasteiger partial charge in [-0.15, -0.1) is 0 Å². The molecule has 2 heterocycles. The van der Waals surface area contributed by atoms with Crippen LogP contribution in [-0.2, 0) is 9.84 Å². The van der Waals surface area contributed by atoms with Gasteiger partial charge in [0, 0.05) is 13.1 Å². The van der Waals surface area contributed by atoms with Crippen molar-refractivity contribution in [2.75, 3.05) is 20.2 Å². The van der Waals surface area contributed by atoms with Crippen molar-refractivity contribution in [1.82, 2.24) is 4.90 Å². The quantitative estimate of drug-likeness (QED) is 0.585. The summed E-state index contributed by atoms with van der Waals surface area (Å²) in [5.74, 6) is 0.409. The normalized spacial score (nSPS) is 15.2. The predicted octanol–water partition coefficient (Wildman–Crippen LogP) is 4.50. The van der Waals surface area contributed by atoms with Gasteiger partial charge in [0.1, 0.15) is 5.75 Å². The molecule has 0 spiro atoms. The largest absolute Gasteiger partial charge is 0.496 e. The first-order chi connectivity index (χ1) is 14.5. The fraction of sp³-hybridized carbons (Fsp3) is 0.261. The summed E-state index contributed by atoms with van der Waals surface area (Å²) in [4.78, 5) is 14.9. The summed E-state index contributed by atoms with van der Waals surface area (Å²) >= 11 is 1.61. The van der Waals surface area contributed by atoms with E-state index in [0.717, 1.165) is 11.1 Å². The number of carbonyl (C=O) groups excluding carboxylic acids is 1. The number of hydrogen-bond acceptors (Lipinski definition) is 5. The number of piperidine rings is 1. The molecule has 0 N–H and O–H groups in total. The van der Waals surface area contributed by atoms with Gasteiger partial charge in [-0.25, -0.2) is 8.42 Å². The second kappa shape index (κ2) is 8.62. The number of rotatable bonds is 5. The summed E-state index contributed by atoms with van der Waals surface area (Å²) in [5, 5.41) is 3.56. The second-order valence-electron chi connectivity index (χ2n) is 7.27. The number of nitrogens with zero attached hydrogens (tertiary/aromatic N) is 1. The summed E-state index contributed by atoms with van der Waals surface area (Å²) in [6.07, 6.45) is 0.852. The molecule has 0 radical (unpaired) electrons. The third kappa shape index (κ3) is 4.00. The zero-order chi connectivity index (χ0) is 21.1. The van der Waals surface area contributed by atoms with Crippen molar-refractivity contribution in [2.24, 2.45) is 0 Å². The molecule has 2 aromatic carbocycles. The van der Waals surface area contributed by atoms with E-state index in [1.807, 2.05) is 35.0 Å². The van der Waals surface area contributed by atoms with Gasteiger partial charge in [-0.2, -0.15) is 11.3 Å². The SMILES string of the molecule is COc1ccccc1C(=O)N1CCC(S(=O)(=O)c2ccc(-c3ccsc3)cc2)CC1. The standard InChI is InChI=1S/C23H23NO4S2/c1-28-22-5-3-2-4-21(22)23(25)24-13-10-20(11-14-24)30(26,27)19-8-6-17(7-9-19)18-12-15-29-16-18/h2-9,12,15-16,20H,10-11,13-14H2,1H3. The van der Waals surface area contributed by atoms with Crippen LogP contribution in [0.4, 0.5) is 0 Å². The highest BCUT2D eigenvalue weighted by Gasteiger charge is 2.33. The van der Waals surface area contributed by atoms with Crippen molar-refractivity contribution in [3.8, 4) is 16.9 Å². The van der Waals surface area contributed by atoms with Crippen LogP contribution in [-0.4, -0.2) is 44.7 Å². The van der Waals surface area contributed by atoms with Crippen molar-refractivity contribution in [1.29, 1.82) is 0 Å². The highest BCUT2D eigenvalue weighted by molar-refractivity contribution is 7.92. The molecule has 1 amide bonds. The molecule has 4 rings (SSSR count). The first-order valence-electron chi connectivity index (χ1n) is 9.79. The molecule has 0 aliphatic carbocycles. The van der Waals surface area contributed by atoms with Crippen LogP contribution in [0.3, 0.4) is 0 Å². The molecule has 5 nitrogen and oxygen atoms in total. The van der Waals surface area contributed by atoms with Crippen molar-refractivity contribution in [2.45, 2.75) is 23.0 Å². The number of carbonyl (C=O) groups is 1. The summed E-state index contributed by atoms with van der Waals surface area (Å²) in [5.41, 5.74) is 2.60. The second-order valence-corrected chi connectivity index (χ2v) is 10.3. The van der Waals surface area contributed by atoms with Gasteiger partial charge < -0.3 is 9.64 Å². The maximum absolute atomic E-state index is 13.1. The van der Waals surface area contributed by atoms with Crippen LogP contribution in [0.25, 0.3) is 11.1 Å². The molecule has 1 aliphatic heterocycles. The number of methoxy groups -OCH3 is 1. The lowest BCUT2D eigenvalue weighted by molar-refractivity contribution is 0.0722. The first-order valence-corrected chi connectivity index (χ1v) is 12.3. The van der Waals surface area contributed by atoms with E-state index in [9.17, 15) is 13.2 Å². The molecule has 1 saturated heterocycles. The number of ether oxygens (including phenoxy) is 1. The number of benzene rings is 2. The van der Waals surface area contributed by atoms with Crippen molar-refractivity contribution in [3.63, 3.8) is 0 Å². The van der Waals surface area contributed by atoms with E-state index in [-0.39, 0.29) is 5.91 Å². The molecule has 3 aromatic rings. The van der Waals surface area contributed by atoms with Crippen molar-refractivity contribution >= 4 is 27.1 Å². The molecule has 1 fully saturated rings. The zero-order valence-electron chi connectivity index (χ0n) is 16.7. The van der Waals surface area contributed by atoms with Crippen molar-refractivity contribution in [3.05, 3.63) is 70.9 Å². The smallest absolute Gasteiger partial charge is 0.257 e. The van der Waals surface area contributed by atoms with E-state index < -0.39 is 15.1 Å². The highest BCUT2D eigenvalue weighted by atomic mass is 32.2. The van der Waals surface area contributed by atoms with Gasteiger partial charge in [-0.1, -0.05) is 24.3 Å². The first kappa shape index (κ1) is 20.6. The average molecular weight is 442 g/mol. The fourth-order valence-electron chi connectivity index (χ4n) is 3.82. The molecule has 0 atom stereocenters. The number of para-hydroxylation sites is 1. The molecular weight excluding hydrogens is 418 g/mol. The lowest BCUT2D eigenvalue weighted by atomic mass is 10.1. The predicted molar refractivity (Wildman–Crippen MR) is 119 cm³/mol. The van der Waals surface area contributed by atoms with Crippen LogP contribution in [0.2, 0.25) is 0 Å². The van der Waals surface area contributed by atoms with Gasteiger partial charge in [-0.05, 0) is 65.1 Å². The number of thiophene rings is 1. The lowest BCUT2D eigenvalue weighted by Crippen LogP contribution is -2.42. The number of sulfone groups is 1. The molecule has 0 bridgehead atoms. The van der Waals surface area contributed by atoms with Gasteiger partial charge >= 0.3 is 0 Å². The van der Waals surface area contributed by atoms with Gasteiger partial charge in [0.05, 0.1) is 22.8 Å². The van der Waals surface area contributed by atoms with Crippen LogP contribution in [0.5, 0.6) is 5.75 Å². The maximum Gasteiger partial charge on any atom is 0.257 e. The Kier molecular flexibility index (Phi) is 5.92. The minimum absolute atomic E-state index is 0.122. The average Bonchev–Trinajstić information content (AvgIpc) is 3.34. The van der Waals surface area contributed by atoms with Crippen LogP contribution in [0.15, 0.2) is 70.3 Å². The molecule has 156 valence electrons. The molecule has 0 saturated carbocycles. The Morgan fingerprint density at radius 2 is 1.70 bits per heavy atom. The van der Waals surface area contributed by atoms with Gasteiger partial charge in [0.15, 0.2) is 9.84 Å². The van der Waals surface area contributed by atoms with Crippen LogP contribution in [0, 0.1) is 0 Å². The highest BCUT2D eigenvalue weighted by Crippen LogP contribution is 2.29. The molecular formula is C23H23NO4S2. The molecule has 1 aromatic heterocycles. The number of hydrogen-bond donors (Lipinski definition) is 0. The Bertz CT molecular complexity index is 1110. The summed E-state index contributed by atoms with van der Waals surface area (Å²) < 4.78 is 31.5. The van der Waals surface area contributed by atoms with Crippen LogP contribution < -0.4 is 4.74 Å². The maximum atomic E-state index is 13.1. The van der Waals surface area contributed by atoms with Gasteiger partial charge in [0.25, 0.3) is 5.91 Å². The van der Waals surface area contributed by atoms with E-state index >= 15 is 0 Å². The van der Waals surface area contributed by atoms with E-state index in [1.165, 1.54) is 7.11 Å². The fourth-order valence-corrected chi connectivity index (χ4v) is 6.22. The molecule has 30 heavy (non-hydrogen) atoms. The molecule has 7 heteroatoms. The minimum Gasteiger partial charge on any atom is -0.496 e. The summed E-state index contributed by atoms with van der Waals surface area (Å²) in [7, 11) is -1.90. The minimum atomic E-state index is -3.43. The third-order valence-corrected chi connectivity index (χ3v) is 8.50. The molecule has 1 aliphatic rings. The topological polar surface area (TPSA) is 63.7 Å². The Hall–Kier alpha value is -2.64. The zero-order valence-corrected chi connectivity index (χ0v) is 18.3. The van der Waals surface area contributed by atoms with Crippen LogP contribution >= 0.6 is 11.3 Å². The monoisotopic (exact) mass is 441 g/mol. The van der Waals surface area contributed by atoms with Gasteiger partial charge in [0.2, 0.25) is 0 Å². The van der Waals surface area contributed by atoms with Gasteiger partial charge in [-0.3, -0.25) is 4.79 Å². The lowest BCUT2D eigenvalue weighted by Gasteiger charge is -2.32. The van der Waals surface area contributed by atoms with E-state index in [1.54, 1.807) is 46.6 Å². The Morgan fingerprint density at radius 1 is 1.00 bits per heavy atom.